The second-order valence-electron chi connectivity index (χ2n) is 9.75. The minimum atomic E-state index is 1.36. The smallest absolute Gasteiger partial charge is 0.0781 e. The van der Waals surface area contributed by atoms with Crippen LogP contribution in [0.15, 0.2) is 0 Å². The topological polar surface area (TPSA) is 0 Å². The molecule has 2 heteroatoms. The van der Waals surface area contributed by atoms with Crippen molar-refractivity contribution in [3.63, 3.8) is 0 Å². The molecular weight excluding hydrogens is 354 g/mol. The van der Waals surface area contributed by atoms with Crippen LogP contribution in [0.3, 0.4) is 0 Å². The summed E-state index contributed by atoms with van der Waals surface area (Å²) in [5.74, 6) is 0. The highest BCUT2D eigenvalue weighted by molar-refractivity contribution is 6.08. The van der Waals surface area contributed by atoms with Gasteiger partial charge in [-0.05, 0) is 25.7 Å². The lowest BCUT2D eigenvalue weighted by Gasteiger charge is -2.34. The molecule has 0 aliphatic heterocycles. The zero-order valence-electron chi connectivity index (χ0n) is 20.7. The molecule has 0 saturated heterocycles. The molecule has 0 aromatic rings. The number of hydrogen-bond donors (Lipinski definition) is 0. The molecule has 0 bridgehead atoms. The maximum Gasteiger partial charge on any atom is 0.0781 e. The third kappa shape index (κ3) is 19.5. The van der Waals surface area contributed by atoms with Gasteiger partial charge < -0.3 is 4.48 Å². The third-order valence-electron chi connectivity index (χ3n) is 6.87. The largest absolute Gasteiger partial charge is 0.330 e. The molecule has 0 heterocycles. The lowest BCUT2D eigenvalue weighted by molar-refractivity contribution is -0.899. The zero-order valence-corrected chi connectivity index (χ0v) is 22.7. The molecule has 0 fully saturated rings. The van der Waals surface area contributed by atoms with Crippen molar-refractivity contribution in [3.05, 3.63) is 0 Å². The van der Waals surface area contributed by atoms with Crippen LogP contribution >= 0.6 is 0 Å². The maximum absolute atomic E-state index is 2.54. The van der Waals surface area contributed by atoms with Crippen LogP contribution in [-0.2, 0) is 0 Å². The predicted molar refractivity (Wildman–Crippen MR) is 134 cm³/mol. The van der Waals surface area contributed by atoms with Crippen molar-refractivity contribution in [3.8, 4) is 0 Å². The van der Waals surface area contributed by atoms with Gasteiger partial charge in [0.05, 0.1) is 36.5 Å². The van der Waals surface area contributed by atoms with E-state index in [9.17, 15) is 0 Å². The van der Waals surface area contributed by atoms with Gasteiger partial charge >= 0.3 is 0 Å². The summed E-state index contributed by atoms with van der Waals surface area (Å²) in [5.41, 5.74) is 0. The first-order chi connectivity index (χ1) is 13.7. The molecule has 0 unspecified atom stereocenters. The normalized spacial score (nSPS) is 12.1. The second-order valence-corrected chi connectivity index (χ2v) is 10.4. The van der Waals surface area contributed by atoms with Crippen LogP contribution in [0.1, 0.15) is 142 Å². The quantitative estimate of drug-likeness (QED) is 0.0920. The Hall–Kier alpha value is 0.177. The molecular formula is C26H58NSi+. The molecule has 170 valence electrons. The molecule has 0 aliphatic rings. The Labute approximate surface area is 183 Å². The van der Waals surface area contributed by atoms with Crippen molar-refractivity contribution in [2.24, 2.45) is 0 Å². The molecule has 0 atom stereocenters. The van der Waals surface area contributed by atoms with E-state index < -0.39 is 0 Å². The van der Waals surface area contributed by atoms with Crippen molar-refractivity contribution >= 4 is 10.2 Å². The number of nitrogens with zero attached hydrogens (tertiary/aromatic N) is 1. The van der Waals surface area contributed by atoms with Crippen molar-refractivity contribution in [1.82, 2.24) is 0 Å². The van der Waals surface area contributed by atoms with Crippen LogP contribution in [0, 0.1) is 0 Å². The van der Waals surface area contributed by atoms with Gasteiger partial charge in [0.25, 0.3) is 0 Å². The Morgan fingerprint density at radius 3 is 0.929 bits per heavy atom. The minimum absolute atomic E-state index is 1.36. The molecule has 0 aromatic carbocycles. The minimum Gasteiger partial charge on any atom is -0.330 e. The third-order valence-corrected chi connectivity index (χ3v) is 8.39. The molecule has 0 rings (SSSR count). The second kappa shape index (κ2) is 21.9. The monoisotopic (exact) mass is 412 g/mol. The van der Waals surface area contributed by atoms with Gasteiger partial charge in [-0.3, -0.25) is 0 Å². The van der Waals surface area contributed by atoms with Gasteiger partial charge in [0.2, 0.25) is 0 Å². The maximum atomic E-state index is 2.54. The fourth-order valence-electron chi connectivity index (χ4n) is 4.39. The van der Waals surface area contributed by atoms with E-state index >= 15 is 0 Å². The summed E-state index contributed by atoms with van der Waals surface area (Å²) < 4.78 is 1.38. The van der Waals surface area contributed by atoms with Gasteiger partial charge in [-0.15, -0.1) is 0 Å². The van der Waals surface area contributed by atoms with Crippen LogP contribution in [-0.4, -0.2) is 41.0 Å². The first-order valence-electron chi connectivity index (χ1n) is 13.5. The zero-order chi connectivity index (χ0) is 20.8. The van der Waals surface area contributed by atoms with Crippen molar-refractivity contribution in [2.45, 2.75) is 142 Å². The summed E-state index contributed by atoms with van der Waals surface area (Å²) in [7, 11) is 3.90. The van der Waals surface area contributed by atoms with Gasteiger partial charge in [0, 0.05) is 0 Å². The summed E-state index contributed by atoms with van der Waals surface area (Å²) in [6.07, 6.45) is 30.7. The Kier molecular flexibility index (Phi) is 22.0. The molecule has 0 N–H and O–H groups in total. The van der Waals surface area contributed by atoms with Crippen LogP contribution in [0.4, 0.5) is 0 Å². The lowest BCUT2D eigenvalue weighted by atomic mass is 10.1. The Morgan fingerprint density at radius 2 is 0.679 bits per heavy atom. The summed E-state index contributed by atoms with van der Waals surface area (Å²) >= 11 is 0. The summed E-state index contributed by atoms with van der Waals surface area (Å²) in [5, 5.41) is 0. The first-order valence-corrected chi connectivity index (χ1v) is 14.9. The fourth-order valence-corrected chi connectivity index (χ4v) is 5.02. The van der Waals surface area contributed by atoms with E-state index in [1.54, 1.807) is 0 Å². The van der Waals surface area contributed by atoms with E-state index in [1.807, 2.05) is 0 Å². The molecule has 0 aromatic heterocycles. The molecule has 0 radical (unpaired) electrons. The fraction of sp³-hybridized carbons (Fsp3) is 1.00. The summed E-state index contributed by atoms with van der Waals surface area (Å²) in [4.78, 5) is 0. The van der Waals surface area contributed by atoms with E-state index in [2.05, 4.69) is 20.9 Å². The van der Waals surface area contributed by atoms with Gasteiger partial charge in [-0.25, -0.2) is 0 Å². The van der Waals surface area contributed by atoms with E-state index in [-0.39, 0.29) is 0 Å². The summed E-state index contributed by atoms with van der Waals surface area (Å²) in [6.45, 7) is 7.50. The van der Waals surface area contributed by atoms with E-state index in [1.165, 1.54) is 162 Å². The van der Waals surface area contributed by atoms with E-state index in [0.29, 0.717) is 0 Å². The van der Waals surface area contributed by atoms with Crippen LogP contribution < -0.4 is 0 Å². The molecule has 0 saturated carbocycles. The SMILES string of the molecule is CCCCCCCCCCCC[N+](C)(C[SiH3])CCCCCCCCCCCC. The van der Waals surface area contributed by atoms with Crippen molar-refractivity contribution in [1.29, 1.82) is 0 Å². The number of quaternary nitrogens is 1. The lowest BCUT2D eigenvalue weighted by Crippen LogP contribution is -2.46. The Balaban J connectivity index is 3.47. The van der Waals surface area contributed by atoms with Crippen LogP contribution in [0.2, 0.25) is 0 Å². The standard InChI is InChI=1S/C26H58NSi/c1-4-6-8-10-12-14-16-18-20-22-24-27(3,26-28)25-23-21-19-17-15-13-11-9-7-5-2/h4-26H2,1-3,28H3/q+1. The molecule has 0 spiro atoms. The summed E-state index contributed by atoms with van der Waals surface area (Å²) in [6, 6.07) is 0. The van der Waals surface area contributed by atoms with E-state index in [4.69, 9.17) is 0 Å². The predicted octanol–water partition coefficient (Wildman–Crippen LogP) is 7.60. The molecule has 0 amide bonds. The van der Waals surface area contributed by atoms with Crippen LogP contribution in [0.25, 0.3) is 0 Å². The Morgan fingerprint density at radius 1 is 0.429 bits per heavy atom. The number of hydrogen-bond acceptors (Lipinski definition) is 0. The van der Waals surface area contributed by atoms with Crippen molar-refractivity contribution < 1.29 is 4.48 Å². The van der Waals surface area contributed by atoms with Gasteiger partial charge in [-0.2, -0.15) is 0 Å². The van der Waals surface area contributed by atoms with E-state index in [0.717, 1.165) is 0 Å². The van der Waals surface area contributed by atoms with Gasteiger partial charge in [0.15, 0.2) is 0 Å². The van der Waals surface area contributed by atoms with Crippen LogP contribution in [0.5, 0.6) is 0 Å². The number of rotatable bonds is 23. The first kappa shape index (κ1) is 28.2. The highest BCUT2D eigenvalue weighted by atomic mass is 28.1. The highest BCUT2D eigenvalue weighted by Gasteiger charge is 2.17. The molecule has 0 aliphatic carbocycles. The highest BCUT2D eigenvalue weighted by Crippen LogP contribution is 2.15. The molecule has 1 nitrogen and oxygen atoms in total. The van der Waals surface area contributed by atoms with Gasteiger partial charge in [-0.1, -0.05) is 117 Å². The van der Waals surface area contributed by atoms with Gasteiger partial charge in [0.1, 0.15) is 0 Å². The number of unbranched alkanes of at least 4 members (excludes halogenated alkanes) is 18. The molecule has 28 heavy (non-hydrogen) atoms. The Bertz CT molecular complexity index is 268. The van der Waals surface area contributed by atoms with Crippen molar-refractivity contribution in [2.75, 3.05) is 26.3 Å². The average Bonchev–Trinajstić information content (AvgIpc) is 2.71. The average molecular weight is 413 g/mol.